The van der Waals surface area contributed by atoms with Crippen LogP contribution in [0.4, 0.5) is 5.69 Å². The molecule has 0 saturated carbocycles. The zero-order valence-corrected chi connectivity index (χ0v) is 13.8. The quantitative estimate of drug-likeness (QED) is 0.819. The third-order valence-electron chi connectivity index (χ3n) is 4.68. The molecule has 2 nitrogen and oxygen atoms in total. The first-order valence-corrected chi connectivity index (χ1v) is 8.94. The van der Waals surface area contributed by atoms with E-state index in [1.165, 1.54) is 59.6 Å². The number of methoxy groups -OCH3 is 1. The molecule has 1 aromatic carbocycles. The first-order chi connectivity index (χ1) is 10.9. The van der Waals surface area contributed by atoms with Crippen LogP contribution in [0.3, 0.4) is 0 Å². The molecular weight excluding hydrogens is 290 g/mol. The third-order valence-corrected chi connectivity index (χ3v) is 5.51. The maximum absolute atomic E-state index is 5.81. The number of anilines is 1. The summed E-state index contributed by atoms with van der Waals surface area (Å²) in [4.78, 5) is 3.85. The first-order valence-electron chi connectivity index (χ1n) is 8.06. The number of ether oxygens (including phenoxy) is 1. The molecule has 0 N–H and O–H groups in total. The van der Waals surface area contributed by atoms with Crippen LogP contribution in [0.25, 0.3) is 12.2 Å². The molecule has 0 saturated heterocycles. The second-order valence-corrected chi connectivity index (χ2v) is 7.01. The Balaban J connectivity index is 1.82. The van der Waals surface area contributed by atoms with Gasteiger partial charge in [-0.1, -0.05) is 6.07 Å². The lowest BCUT2D eigenvalue weighted by molar-refractivity contribution is 0.406. The van der Waals surface area contributed by atoms with E-state index in [-0.39, 0.29) is 0 Å². The minimum atomic E-state index is 1.08. The molecule has 0 bridgehead atoms. The number of nitrogens with zero attached hydrogens (tertiary/aromatic N) is 1. The van der Waals surface area contributed by atoms with Gasteiger partial charge in [0.05, 0.1) is 7.11 Å². The van der Waals surface area contributed by atoms with Crippen LogP contribution in [0.1, 0.15) is 34.4 Å². The number of rotatable bonds is 3. The van der Waals surface area contributed by atoms with Crippen molar-refractivity contribution < 1.29 is 4.74 Å². The molecule has 2 aliphatic rings. The van der Waals surface area contributed by atoms with Gasteiger partial charge in [-0.05, 0) is 60.9 Å². The molecule has 4 rings (SSSR count). The summed E-state index contributed by atoms with van der Waals surface area (Å²) in [6.07, 6.45) is 9.26. The van der Waals surface area contributed by atoms with E-state index < -0.39 is 0 Å². The van der Waals surface area contributed by atoms with Crippen LogP contribution in [0, 0.1) is 0 Å². The Morgan fingerprint density at radius 1 is 1.18 bits per heavy atom. The zero-order valence-electron chi connectivity index (χ0n) is 13.0. The molecule has 0 spiro atoms. The summed E-state index contributed by atoms with van der Waals surface area (Å²) in [6, 6.07) is 6.59. The summed E-state index contributed by atoms with van der Waals surface area (Å²) in [7, 11) is 1.81. The van der Waals surface area contributed by atoms with Gasteiger partial charge < -0.3 is 9.64 Å². The van der Waals surface area contributed by atoms with Gasteiger partial charge in [-0.2, -0.15) is 0 Å². The molecule has 0 fully saturated rings. The average molecular weight is 311 g/mol. The van der Waals surface area contributed by atoms with E-state index in [1.807, 2.05) is 7.11 Å². The van der Waals surface area contributed by atoms with E-state index in [2.05, 4.69) is 40.6 Å². The van der Waals surface area contributed by atoms with Crippen molar-refractivity contribution in [1.82, 2.24) is 0 Å². The molecule has 2 aromatic rings. The summed E-state index contributed by atoms with van der Waals surface area (Å²) in [5, 5.41) is 2.12. The summed E-state index contributed by atoms with van der Waals surface area (Å²) in [5.41, 5.74) is 5.64. The lowest BCUT2D eigenvalue weighted by atomic mass is 9.89. The Morgan fingerprint density at radius 2 is 2.05 bits per heavy atom. The highest BCUT2D eigenvalue weighted by atomic mass is 32.1. The summed E-state index contributed by atoms with van der Waals surface area (Å²) < 4.78 is 5.81. The average Bonchev–Trinajstić information content (AvgIpc) is 3.07. The van der Waals surface area contributed by atoms with E-state index >= 15 is 0 Å². The highest BCUT2D eigenvalue weighted by Crippen LogP contribution is 2.42. The van der Waals surface area contributed by atoms with Crippen molar-refractivity contribution >= 4 is 29.2 Å². The molecule has 22 heavy (non-hydrogen) atoms. The molecule has 1 aromatic heterocycles. The fourth-order valence-corrected chi connectivity index (χ4v) is 4.40. The molecule has 3 heteroatoms. The maximum Gasteiger partial charge on any atom is 0.131 e. The van der Waals surface area contributed by atoms with Crippen molar-refractivity contribution in [3.63, 3.8) is 0 Å². The second-order valence-electron chi connectivity index (χ2n) is 6.03. The molecule has 114 valence electrons. The third kappa shape index (κ3) is 2.34. The van der Waals surface area contributed by atoms with Crippen molar-refractivity contribution in [2.45, 2.75) is 25.7 Å². The van der Waals surface area contributed by atoms with Gasteiger partial charge in [-0.15, -0.1) is 11.3 Å². The van der Waals surface area contributed by atoms with Crippen LogP contribution < -0.4 is 9.64 Å². The molecule has 0 atom stereocenters. The monoisotopic (exact) mass is 311 g/mol. The van der Waals surface area contributed by atoms with Crippen molar-refractivity contribution in [2.24, 2.45) is 0 Å². The summed E-state index contributed by atoms with van der Waals surface area (Å²) in [5.74, 6) is 1.08. The van der Waals surface area contributed by atoms with E-state index in [9.17, 15) is 0 Å². The van der Waals surface area contributed by atoms with E-state index in [4.69, 9.17) is 4.74 Å². The Labute approximate surface area is 136 Å². The molecule has 3 heterocycles. The molecular formula is C19H21NOS. The van der Waals surface area contributed by atoms with Crippen molar-refractivity contribution in [3.05, 3.63) is 45.1 Å². The van der Waals surface area contributed by atoms with Crippen LogP contribution in [0.2, 0.25) is 0 Å². The number of aryl methyl sites for hydroxylation is 1. The molecule has 0 amide bonds. The predicted octanol–water partition coefficient (Wildman–Crippen LogP) is 4.63. The van der Waals surface area contributed by atoms with E-state index in [1.54, 1.807) is 11.3 Å². The Kier molecular flexibility index (Phi) is 3.67. The van der Waals surface area contributed by atoms with Gasteiger partial charge in [0.2, 0.25) is 0 Å². The first kappa shape index (κ1) is 13.9. The summed E-state index contributed by atoms with van der Waals surface area (Å²) >= 11 is 1.77. The molecule has 2 aliphatic heterocycles. The lowest BCUT2D eigenvalue weighted by Crippen LogP contribution is -2.34. The Hall–Kier alpha value is -1.74. The second kappa shape index (κ2) is 5.81. The van der Waals surface area contributed by atoms with E-state index in [0.717, 1.165) is 12.2 Å². The molecule has 0 aliphatic carbocycles. The highest BCUT2D eigenvalue weighted by Gasteiger charge is 2.27. The number of hydrogen-bond donors (Lipinski definition) is 0. The van der Waals surface area contributed by atoms with Gasteiger partial charge in [0.1, 0.15) is 5.75 Å². The largest absolute Gasteiger partial charge is 0.496 e. The minimum Gasteiger partial charge on any atom is -0.496 e. The van der Waals surface area contributed by atoms with Crippen molar-refractivity contribution in [3.8, 4) is 5.75 Å². The Bertz CT molecular complexity index is 701. The number of hydrogen-bond acceptors (Lipinski definition) is 3. The Morgan fingerprint density at radius 3 is 2.82 bits per heavy atom. The SMILES string of the molecule is COc1c(C=Cc2cccs2)cc2c3c1CCCN3CCC2. The van der Waals surface area contributed by atoms with Crippen molar-refractivity contribution in [1.29, 1.82) is 0 Å². The van der Waals surface area contributed by atoms with Gasteiger partial charge in [0.25, 0.3) is 0 Å². The molecule has 0 radical (unpaired) electrons. The zero-order chi connectivity index (χ0) is 14.9. The molecule has 0 unspecified atom stereocenters. The topological polar surface area (TPSA) is 12.5 Å². The predicted molar refractivity (Wildman–Crippen MR) is 95.1 cm³/mol. The standard InChI is InChI=1S/C19H21NOS/c1-21-19-15(8-9-16-6-4-12-22-16)13-14-5-2-10-20-11-3-7-17(19)18(14)20/h4,6,8-9,12-13H,2-3,5,7,10-11H2,1H3. The summed E-state index contributed by atoms with van der Waals surface area (Å²) in [6.45, 7) is 2.40. The van der Waals surface area contributed by atoms with Crippen LogP contribution in [-0.2, 0) is 12.8 Å². The van der Waals surface area contributed by atoms with Crippen LogP contribution in [0.15, 0.2) is 23.6 Å². The van der Waals surface area contributed by atoms with E-state index in [0.29, 0.717) is 0 Å². The van der Waals surface area contributed by atoms with Gasteiger partial charge in [-0.25, -0.2) is 0 Å². The number of thiophene rings is 1. The normalized spacial score (nSPS) is 16.9. The smallest absolute Gasteiger partial charge is 0.131 e. The fraction of sp³-hybridized carbons (Fsp3) is 0.368. The number of benzene rings is 1. The van der Waals surface area contributed by atoms with Gasteiger partial charge in [0, 0.05) is 34.8 Å². The van der Waals surface area contributed by atoms with Crippen LogP contribution >= 0.6 is 11.3 Å². The minimum absolute atomic E-state index is 1.08. The van der Waals surface area contributed by atoms with Crippen LogP contribution in [-0.4, -0.2) is 20.2 Å². The van der Waals surface area contributed by atoms with Gasteiger partial charge >= 0.3 is 0 Å². The fourth-order valence-electron chi connectivity index (χ4n) is 3.78. The van der Waals surface area contributed by atoms with Crippen molar-refractivity contribution in [2.75, 3.05) is 25.1 Å². The highest BCUT2D eigenvalue weighted by molar-refractivity contribution is 7.10. The van der Waals surface area contributed by atoms with Gasteiger partial charge in [-0.3, -0.25) is 0 Å². The lowest BCUT2D eigenvalue weighted by Gasteiger charge is -2.38. The van der Waals surface area contributed by atoms with Gasteiger partial charge in [0.15, 0.2) is 0 Å². The van der Waals surface area contributed by atoms with Crippen LogP contribution in [0.5, 0.6) is 5.75 Å². The maximum atomic E-state index is 5.81.